The summed E-state index contributed by atoms with van der Waals surface area (Å²) in [5.41, 5.74) is 0.952. The topological polar surface area (TPSA) is 41.3 Å². The first kappa shape index (κ1) is 10.9. The molecule has 0 aliphatic carbocycles. The predicted octanol–water partition coefficient (Wildman–Crippen LogP) is 1.97. The zero-order chi connectivity index (χ0) is 10.6. The van der Waals surface area contributed by atoms with E-state index in [1.54, 1.807) is 0 Å². The van der Waals surface area contributed by atoms with E-state index in [4.69, 9.17) is 18.1 Å². The second-order valence-electron chi connectivity index (χ2n) is 3.30. The zero-order valence-electron chi connectivity index (χ0n) is 8.40. The summed E-state index contributed by atoms with van der Waals surface area (Å²) in [7, 11) is 0. The van der Waals surface area contributed by atoms with Gasteiger partial charge in [0.1, 0.15) is 0 Å². The predicted molar refractivity (Wildman–Crippen MR) is 63.8 cm³/mol. The maximum atomic E-state index is 5.74. The minimum absolute atomic E-state index is 0.193. The average molecular weight is 209 g/mol. The van der Waals surface area contributed by atoms with Gasteiger partial charge in [0.2, 0.25) is 0 Å². The first-order valence-electron chi connectivity index (χ1n) is 4.51. The van der Waals surface area contributed by atoms with Gasteiger partial charge in [-0.05, 0) is 38.2 Å². The number of thiocarbonyl (C=S) groups is 1. The Morgan fingerprint density at radius 3 is 2.43 bits per heavy atom. The molecule has 0 fully saturated rings. The average Bonchev–Trinajstić information content (AvgIpc) is 2.18. The fourth-order valence-electron chi connectivity index (χ4n) is 0.944. The number of benzene rings is 1. The lowest BCUT2D eigenvalue weighted by molar-refractivity contribution is 0.369. The molecule has 0 saturated carbocycles. The van der Waals surface area contributed by atoms with E-state index >= 15 is 0 Å². The Balaban J connectivity index is 2.58. The Morgan fingerprint density at radius 2 is 1.93 bits per heavy atom. The summed E-state index contributed by atoms with van der Waals surface area (Å²) in [5, 5.41) is 5.12. The molecule has 0 atom stereocenters. The maximum absolute atomic E-state index is 5.74. The molecule has 1 rings (SSSR count). The van der Waals surface area contributed by atoms with Crippen LogP contribution in [0.25, 0.3) is 0 Å². The molecule has 3 N–H and O–H groups in total. The number of rotatable bonds is 2. The highest BCUT2D eigenvalue weighted by atomic mass is 32.1. The van der Waals surface area contributed by atoms with Gasteiger partial charge in [0.25, 0.3) is 0 Å². The molecule has 76 valence electrons. The van der Waals surface area contributed by atoms with E-state index in [9.17, 15) is 0 Å². The Labute approximate surface area is 89.9 Å². The molecule has 14 heavy (non-hydrogen) atoms. The number of nitrogens with zero attached hydrogens (tertiary/aromatic N) is 1. The number of nitrogens with one attached hydrogen (secondary N) is 1. The maximum Gasteiger partial charge on any atom is 0.188 e. The van der Waals surface area contributed by atoms with Crippen molar-refractivity contribution in [1.82, 2.24) is 5.01 Å². The van der Waals surface area contributed by atoms with Gasteiger partial charge in [-0.15, -0.1) is 0 Å². The van der Waals surface area contributed by atoms with E-state index in [1.807, 2.05) is 44.2 Å². The third-order valence-corrected chi connectivity index (χ3v) is 2.13. The highest BCUT2D eigenvalue weighted by Crippen LogP contribution is 2.06. The Hall–Kier alpha value is -1.13. The minimum atomic E-state index is 0.193. The van der Waals surface area contributed by atoms with Gasteiger partial charge in [0.15, 0.2) is 5.11 Å². The van der Waals surface area contributed by atoms with E-state index in [2.05, 4.69) is 5.32 Å². The van der Waals surface area contributed by atoms with Crippen molar-refractivity contribution >= 4 is 23.0 Å². The summed E-state index contributed by atoms with van der Waals surface area (Å²) in [5.74, 6) is 5.74. The van der Waals surface area contributed by atoms with Crippen LogP contribution in [-0.2, 0) is 0 Å². The van der Waals surface area contributed by atoms with E-state index < -0.39 is 0 Å². The highest BCUT2D eigenvalue weighted by molar-refractivity contribution is 7.80. The number of para-hydroxylation sites is 1. The number of anilines is 1. The second kappa shape index (κ2) is 4.93. The van der Waals surface area contributed by atoms with Crippen LogP contribution in [0.4, 0.5) is 5.69 Å². The normalized spacial score (nSPS) is 10.0. The first-order valence-corrected chi connectivity index (χ1v) is 4.92. The smallest absolute Gasteiger partial charge is 0.188 e. The molecule has 0 bridgehead atoms. The minimum Gasteiger partial charge on any atom is -0.332 e. The molecule has 1 aromatic rings. The van der Waals surface area contributed by atoms with Crippen molar-refractivity contribution in [1.29, 1.82) is 0 Å². The fourth-order valence-corrected chi connectivity index (χ4v) is 1.27. The molecule has 0 spiro atoms. The third kappa shape index (κ3) is 2.97. The van der Waals surface area contributed by atoms with Gasteiger partial charge in [-0.3, -0.25) is 5.01 Å². The fraction of sp³-hybridized carbons (Fsp3) is 0.300. The Bertz CT molecular complexity index is 297. The molecule has 0 unspecified atom stereocenters. The van der Waals surface area contributed by atoms with Gasteiger partial charge in [-0.2, -0.15) is 0 Å². The lowest BCUT2D eigenvalue weighted by Crippen LogP contribution is -2.45. The van der Waals surface area contributed by atoms with Crippen LogP contribution in [-0.4, -0.2) is 16.2 Å². The van der Waals surface area contributed by atoms with E-state index in [0.29, 0.717) is 5.11 Å². The quantitative estimate of drug-likeness (QED) is 0.444. The van der Waals surface area contributed by atoms with E-state index in [1.165, 1.54) is 5.01 Å². The molecule has 0 aliphatic heterocycles. The molecular weight excluding hydrogens is 194 g/mol. The summed E-state index contributed by atoms with van der Waals surface area (Å²) < 4.78 is 0. The molecule has 0 aromatic heterocycles. The number of hydrazine groups is 1. The summed E-state index contributed by atoms with van der Waals surface area (Å²) in [6.07, 6.45) is 0. The SMILES string of the molecule is CC(C)N(N)C(=S)Nc1ccccc1. The molecule has 0 aliphatic rings. The molecule has 0 heterocycles. The zero-order valence-corrected chi connectivity index (χ0v) is 9.21. The van der Waals surface area contributed by atoms with Crippen molar-refractivity contribution in [3.05, 3.63) is 30.3 Å². The number of nitrogens with two attached hydrogens (primary N) is 1. The van der Waals surface area contributed by atoms with E-state index in [0.717, 1.165) is 5.69 Å². The largest absolute Gasteiger partial charge is 0.332 e. The van der Waals surface area contributed by atoms with Crippen molar-refractivity contribution in [2.24, 2.45) is 5.84 Å². The van der Waals surface area contributed by atoms with Crippen LogP contribution >= 0.6 is 12.2 Å². The van der Waals surface area contributed by atoms with Crippen molar-refractivity contribution in [2.75, 3.05) is 5.32 Å². The summed E-state index contributed by atoms with van der Waals surface area (Å²) in [4.78, 5) is 0. The first-order chi connectivity index (χ1) is 6.61. The van der Waals surface area contributed by atoms with Gasteiger partial charge >= 0.3 is 0 Å². The van der Waals surface area contributed by atoms with Gasteiger partial charge in [0, 0.05) is 11.7 Å². The molecule has 1 aromatic carbocycles. The third-order valence-electron chi connectivity index (χ3n) is 1.82. The second-order valence-corrected chi connectivity index (χ2v) is 3.68. The van der Waals surface area contributed by atoms with Crippen LogP contribution in [0, 0.1) is 0 Å². The van der Waals surface area contributed by atoms with E-state index in [-0.39, 0.29) is 6.04 Å². The van der Waals surface area contributed by atoms with Crippen LogP contribution in [0.15, 0.2) is 30.3 Å². The number of hydrogen-bond donors (Lipinski definition) is 2. The molecule has 0 saturated heterocycles. The van der Waals surface area contributed by atoms with Gasteiger partial charge in [-0.25, -0.2) is 5.84 Å². The van der Waals surface area contributed by atoms with Crippen LogP contribution in [0.3, 0.4) is 0 Å². The summed E-state index contributed by atoms with van der Waals surface area (Å²) in [6, 6.07) is 9.93. The molecule has 0 amide bonds. The molecule has 4 heteroatoms. The van der Waals surface area contributed by atoms with Crippen molar-refractivity contribution in [2.45, 2.75) is 19.9 Å². The van der Waals surface area contributed by atoms with Crippen molar-refractivity contribution in [3.8, 4) is 0 Å². The monoisotopic (exact) mass is 209 g/mol. The summed E-state index contributed by atoms with van der Waals surface area (Å²) in [6.45, 7) is 3.97. The van der Waals surface area contributed by atoms with Gasteiger partial charge < -0.3 is 5.32 Å². The summed E-state index contributed by atoms with van der Waals surface area (Å²) >= 11 is 5.12. The standard InChI is InChI=1S/C10H15N3S/c1-8(2)13(11)10(14)12-9-6-4-3-5-7-9/h3-8H,11H2,1-2H3,(H,12,14). The van der Waals surface area contributed by atoms with Crippen LogP contribution < -0.4 is 11.2 Å². The van der Waals surface area contributed by atoms with Crippen molar-refractivity contribution in [3.63, 3.8) is 0 Å². The highest BCUT2D eigenvalue weighted by Gasteiger charge is 2.07. The van der Waals surface area contributed by atoms with Crippen LogP contribution in [0.2, 0.25) is 0 Å². The number of hydrogen-bond acceptors (Lipinski definition) is 2. The van der Waals surface area contributed by atoms with Crippen LogP contribution in [0.5, 0.6) is 0 Å². The van der Waals surface area contributed by atoms with Gasteiger partial charge in [0.05, 0.1) is 0 Å². The van der Waals surface area contributed by atoms with Crippen molar-refractivity contribution < 1.29 is 0 Å². The van der Waals surface area contributed by atoms with Gasteiger partial charge in [-0.1, -0.05) is 18.2 Å². The van der Waals surface area contributed by atoms with Crippen LogP contribution in [0.1, 0.15) is 13.8 Å². The molecule has 3 nitrogen and oxygen atoms in total. The molecule has 0 radical (unpaired) electrons. The lowest BCUT2D eigenvalue weighted by Gasteiger charge is -2.23. The Morgan fingerprint density at radius 1 is 1.36 bits per heavy atom. The lowest BCUT2D eigenvalue weighted by atomic mass is 10.3. The Kier molecular flexibility index (Phi) is 3.85. The molecular formula is C10H15N3S.